The van der Waals surface area contributed by atoms with Gasteiger partial charge in [-0.1, -0.05) is 19.8 Å². The Balaban J connectivity index is 2.78. The van der Waals surface area contributed by atoms with Crippen LogP contribution in [-0.2, 0) is 4.79 Å². The summed E-state index contributed by atoms with van der Waals surface area (Å²) in [5.41, 5.74) is 0. The fourth-order valence-electron chi connectivity index (χ4n) is 2.67. The Hall–Kier alpha value is -1.30. The molecule has 0 aromatic carbocycles. The van der Waals surface area contributed by atoms with E-state index >= 15 is 0 Å². The Labute approximate surface area is 120 Å². The van der Waals surface area contributed by atoms with E-state index in [0.29, 0.717) is 12.8 Å². The van der Waals surface area contributed by atoms with Gasteiger partial charge in [-0.05, 0) is 26.2 Å². The van der Waals surface area contributed by atoms with Crippen LogP contribution in [0.2, 0.25) is 0 Å². The maximum absolute atomic E-state index is 12.5. The summed E-state index contributed by atoms with van der Waals surface area (Å²) in [7, 11) is 1.65. The molecule has 0 aliphatic heterocycles. The highest BCUT2D eigenvalue weighted by atomic mass is 16.4. The third-order valence-corrected chi connectivity index (χ3v) is 4.17. The number of amides is 2. The van der Waals surface area contributed by atoms with Gasteiger partial charge in [-0.25, -0.2) is 4.79 Å². The summed E-state index contributed by atoms with van der Waals surface area (Å²) in [5.74, 6) is -1.02. The van der Waals surface area contributed by atoms with E-state index in [1.165, 1.54) is 9.80 Å². The average Bonchev–Trinajstić information content (AvgIpc) is 2.42. The summed E-state index contributed by atoms with van der Waals surface area (Å²) >= 11 is 0. The minimum atomic E-state index is -1.02. The fraction of sp³-hybridized carbons (Fsp3) is 0.857. The van der Waals surface area contributed by atoms with Crippen molar-refractivity contribution in [1.29, 1.82) is 0 Å². The standard InChI is InChI=1S/C14H26N2O4/c1-4-10(2)16(9-13(18)19)14(20)15(3)11-7-5-6-8-12(11)17/h10-12,17H,4-9H2,1-3H3,(H,18,19). The Bertz CT molecular complexity index is 348. The van der Waals surface area contributed by atoms with Crippen molar-refractivity contribution >= 4 is 12.0 Å². The number of likely N-dealkylation sites (N-methyl/N-ethyl adjacent to an activating group) is 1. The summed E-state index contributed by atoms with van der Waals surface area (Å²) in [6.07, 6.45) is 3.61. The molecule has 3 unspecified atom stereocenters. The van der Waals surface area contributed by atoms with E-state index in [0.717, 1.165) is 19.3 Å². The topological polar surface area (TPSA) is 81.1 Å². The predicted octanol–water partition coefficient (Wildman–Crippen LogP) is 1.53. The van der Waals surface area contributed by atoms with Crippen molar-refractivity contribution in [2.75, 3.05) is 13.6 Å². The van der Waals surface area contributed by atoms with Crippen LogP contribution in [0, 0.1) is 0 Å². The first-order valence-electron chi connectivity index (χ1n) is 7.31. The van der Waals surface area contributed by atoms with Crippen molar-refractivity contribution in [3.8, 4) is 0 Å². The molecule has 0 radical (unpaired) electrons. The van der Waals surface area contributed by atoms with Crippen LogP contribution < -0.4 is 0 Å². The van der Waals surface area contributed by atoms with Crippen molar-refractivity contribution in [3.63, 3.8) is 0 Å². The summed E-state index contributed by atoms with van der Waals surface area (Å²) in [6.45, 7) is 3.45. The second-order valence-corrected chi connectivity index (χ2v) is 5.59. The van der Waals surface area contributed by atoms with Gasteiger partial charge in [0.1, 0.15) is 6.54 Å². The lowest BCUT2D eigenvalue weighted by Crippen LogP contribution is -2.54. The molecule has 0 heterocycles. The number of aliphatic hydroxyl groups is 1. The van der Waals surface area contributed by atoms with E-state index in [9.17, 15) is 14.7 Å². The molecule has 2 amide bonds. The zero-order valence-corrected chi connectivity index (χ0v) is 12.6. The van der Waals surface area contributed by atoms with Crippen LogP contribution in [0.15, 0.2) is 0 Å². The molecule has 2 N–H and O–H groups in total. The van der Waals surface area contributed by atoms with Gasteiger partial charge in [0.15, 0.2) is 0 Å². The third kappa shape index (κ3) is 4.10. The van der Waals surface area contributed by atoms with Gasteiger partial charge in [0, 0.05) is 13.1 Å². The summed E-state index contributed by atoms with van der Waals surface area (Å²) in [6, 6.07) is -0.661. The number of urea groups is 1. The van der Waals surface area contributed by atoms with Gasteiger partial charge in [0.25, 0.3) is 0 Å². The van der Waals surface area contributed by atoms with Crippen molar-refractivity contribution in [2.45, 2.75) is 64.1 Å². The Morgan fingerprint density at radius 1 is 1.30 bits per heavy atom. The molecule has 0 bridgehead atoms. The highest BCUT2D eigenvalue weighted by Crippen LogP contribution is 2.23. The molecule has 116 valence electrons. The second-order valence-electron chi connectivity index (χ2n) is 5.59. The van der Waals surface area contributed by atoms with Crippen molar-refractivity contribution in [3.05, 3.63) is 0 Å². The quantitative estimate of drug-likeness (QED) is 0.803. The highest BCUT2D eigenvalue weighted by Gasteiger charge is 2.33. The predicted molar refractivity (Wildman–Crippen MR) is 75.5 cm³/mol. The molecule has 0 aromatic rings. The molecule has 6 heteroatoms. The molecule has 1 saturated carbocycles. The highest BCUT2D eigenvalue weighted by molar-refractivity contribution is 5.80. The maximum atomic E-state index is 12.5. The van der Waals surface area contributed by atoms with E-state index in [-0.39, 0.29) is 24.7 Å². The lowest BCUT2D eigenvalue weighted by Gasteiger charge is -2.39. The zero-order valence-electron chi connectivity index (χ0n) is 12.6. The molecule has 1 aliphatic rings. The van der Waals surface area contributed by atoms with Gasteiger partial charge in [-0.15, -0.1) is 0 Å². The Morgan fingerprint density at radius 3 is 2.40 bits per heavy atom. The van der Waals surface area contributed by atoms with Crippen LogP contribution in [0.25, 0.3) is 0 Å². The van der Waals surface area contributed by atoms with Crippen molar-refractivity contribution in [1.82, 2.24) is 9.80 Å². The second kappa shape index (κ2) is 7.47. The molecule has 1 rings (SSSR count). The van der Waals surface area contributed by atoms with Gasteiger partial charge >= 0.3 is 12.0 Å². The van der Waals surface area contributed by atoms with Crippen LogP contribution in [-0.4, -0.2) is 63.8 Å². The average molecular weight is 286 g/mol. The molecule has 1 fully saturated rings. The van der Waals surface area contributed by atoms with Crippen LogP contribution in [0.4, 0.5) is 4.79 Å². The maximum Gasteiger partial charge on any atom is 0.323 e. The van der Waals surface area contributed by atoms with Crippen LogP contribution in [0.1, 0.15) is 46.0 Å². The number of carbonyl (C=O) groups is 2. The van der Waals surface area contributed by atoms with Crippen LogP contribution in [0.5, 0.6) is 0 Å². The molecule has 0 saturated heterocycles. The lowest BCUT2D eigenvalue weighted by atomic mass is 9.92. The van der Waals surface area contributed by atoms with E-state index in [4.69, 9.17) is 5.11 Å². The van der Waals surface area contributed by atoms with Crippen molar-refractivity contribution < 1.29 is 19.8 Å². The number of hydrogen-bond donors (Lipinski definition) is 2. The molecular formula is C14H26N2O4. The van der Waals surface area contributed by atoms with Crippen molar-refractivity contribution in [2.24, 2.45) is 0 Å². The normalized spacial score (nSPS) is 24.0. The number of aliphatic carboxylic acids is 1. The van der Waals surface area contributed by atoms with E-state index in [2.05, 4.69) is 0 Å². The number of aliphatic hydroxyl groups excluding tert-OH is 1. The smallest absolute Gasteiger partial charge is 0.323 e. The number of nitrogens with zero attached hydrogens (tertiary/aromatic N) is 2. The molecule has 1 aliphatic carbocycles. The largest absolute Gasteiger partial charge is 0.480 e. The molecule has 3 atom stereocenters. The summed E-state index contributed by atoms with van der Waals surface area (Å²) in [5, 5.41) is 19.0. The molecular weight excluding hydrogens is 260 g/mol. The van der Waals surface area contributed by atoms with E-state index in [1.807, 2.05) is 13.8 Å². The zero-order chi connectivity index (χ0) is 15.3. The fourth-order valence-corrected chi connectivity index (χ4v) is 2.67. The number of hydrogen-bond acceptors (Lipinski definition) is 3. The van der Waals surface area contributed by atoms with Gasteiger partial charge < -0.3 is 20.0 Å². The monoisotopic (exact) mass is 286 g/mol. The summed E-state index contributed by atoms with van der Waals surface area (Å²) < 4.78 is 0. The first-order chi connectivity index (χ1) is 9.38. The van der Waals surface area contributed by atoms with Gasteiger partial charge in [-0.3, -0.25) is 4.79 Å². The summed E-state index contributed by atoms with van der Waals surface area (Å²) in [4.78, 5) is 26.3. The molecule has 0 spiro atoms. The molecule has 6 nitrogen and oxygen atoms in total. The van der Waals surface area contributed by atoms with Crippen LogP contribution in [0.3, 0.4) is 0 Å². The minimum Gasteiger partial charge on any atom is -0.480 e. The molecule has 0 aromatic heterocycles. The first-order valence-corrected chi connectivity index (χ1v) is 7.31. The lowest BCUT2D eigenvalue weighted by molar-refractivity contribution is -0.138. The number of carboxylic acid groups (broad SMARTS) is 1. The van der Waals surface area contributed by atoms with Gasteiger partial charge in [0.2, 0.25) is 0 Å². The number of rotatable bonds is 5. The number of carbonyl (C=O) groups excluding carboxylic acids is 1. The van der Waals surface area contributed by atoms with Gasteiger partial charge in [0.05, 0.1) is 12.1 Å². The van der Waals surface area contributed by atoms with E-state index in [1.54, 1.807) is 7.05 Å². The third-order valence-electron chi connectivity index (χ3n) is 4.17. The van der Waals surface area contributed by atoms with E-state index < -0.39 is 12.1 Å². The van der Waals surface area contributed by atoms with Gasteiger partial charge in [-0.2, -0.15) is 0 Å². The van der Waals surface area contributed by atoms with Crippen LogP contribution >= 0.6 is 0 Å². The SMILES string of the molecule is CCC(C)N(CC(=O)O)C(=O)N(C)C1CCCCC1O. The Morgan fingerprint density at radius 2 is 1.90 bits per heavy atom. The first kappa shape index (κ1) is 16.8. The minimum absolute atomic E-state index is 0.137. The molecule has 20 heavy (non-hydrogen) atoms. The Kier molecular flexibility index (Phi) is 6.26. The number of carboxylic acids is 1.